The van der Waals surface area contributed by atoms with Gasteiger partial charge >= 0.3 is 0 Å². The Hall–Kier alpha value is -0.450. The van der Waals surface area contributed by atoms with Crippen LogP contribution in [-0.4, -0.2) is 30.8 Å². The second kappa shape index (κ2) is 5.25. The second-order valence-corrected chi connectivity index (χ2v) is 5.46. The molecule has 4 heteroatoms. The first-order chi connectivity index (χ1) is 7.80. The maximum Gasteiger partial charge on any atom is 0.0834 e. The van der Waals surface area contributed by atoms with Crippen molar-refractivity contribution in [3.05, 3.63) is 16.6 Å². The van der Waals surface area contributed by atoms with Gasteiger partial charge in [0, 0.05) is 30.6 Å². The van der Waals surface area contributed by atoms with E-state index in [1.807, 2.05) is 25.9 Å². The highest BCUT2D eigenvalue weighted by molar-refractivity contribution is 7.09. The highest BCUT2D eigenvalue weighted by Gasteiger charge is 2.40. The molecule has 1 heterocycles. The lowest BCUT2D eigenvalue weighted by atomic mass is 9.89. The molecular weight excluding hydrogens is 220 g/mol. The Bertz CT molecular complexity index is 307. The molecule has 0 aromatic carbocycles. The fourth-order valence-electron chi connectivity index (χ4n) is 2.76. The SMILES string of the molecule is CNC(Cc1cncs1)C1(OC)CCCC1. The zero-order valence-corrected chi connectivity index (χ0v) is 10.8. The molecule has 1 aliphatic rings. The molecule has 0 amide bonds. The van der Waals surface area contributed by atoms with Crippen molar-refractivity contribution in [3.8, 4) is 0 Å². The first-order valence-electron chi connectivity index (χ1n) is 5.90. The largest absolute Gasteiger partial charge is 0.377 e. The van der Waals surface area contributed by atoms with Gasteiger partial charge in [0.1, 0.15) is 0 Å². The van der Waals surface area contributed by atoms with E-state index < -0.39 is 0 Å². The number of ether oxygens (including phenoxy) is 1. The summed E-state index contributed by atoms with van der Waals surface area (Å²) in [5.41, 5.74) is 1.94. The van der Waals surface area contributed by atoms with Crippen LogP contribution in [0.15, 0.2) is 11.7 Å². The highest BCUT2D eigenvalue weighted by Crippen LogP contribution is 2.36. The number of hydrogen-bond acceptors (Lipinski definition) is 4. The van der Waals surface area contributed by atoms with Crippen molar-refractivity contribution in [1.29, 1.82) is 0 Å². The van der Waals surface area contributed by atoms with Crippen molar-refractivity contribution in [2.75, 3.05) is 14.2 Å². The molecule has 1 atom stereocenters. The van der Waals surface area contributed by atoms with Gasteiger partial charge in [-0.25, -0.2) is 0 Å². The Morgan fingerprint density at radius 1 is 1.56 bits per heavy atom. The van der Waals surface area contributed by atoms with Crippen LogP contribution in [-0.2, 0) is 11.2 Å². The van der Waals surface area contributed by atoms with Crippen molar-refractivity contribution in [1.82, 2.24) is 10.3 Å². The number of hydrogen-bond donors (Lipinski definition) is 1. The van der Waals surface area contributed by atoms with Crippen molar-refractivity contribution < 1.29 is 4.74 Å². The smallest absolute Gasteiger partial charge is 0.0834 e. The molecule has 1 aromatic heterocycles. The van der Waals surface area contributed by atoms with Crippen LogP contribution in [0.1, 0.15) is 30.6 Å². The molecule has 0 saturated heterocycles. The molecule has 90 valence electrons. The van der Waals surface area contributed by atoms with Crippen LogP contribution in [0.3, 0.4) is 0 Å². The number of likely N-dealkylation sites (N-methyl/N-ethyl adjacent to an activating group) is 1. The van der Waals surface area contributed by atoms with Gasteiger partial charge in [-0.05, 0) is 19.9 Å². The van der Waals surface area contributed by atoms with Crippen molar-refractivity contribution >= 4 is 11.3 Å². The zero-order valence-electron chi connectivity index (χ0n) is 10.0. The van der Waals surface area contributed by atoms with Crippen LogP contribution in [0.2, 0.25) is 0 Å². The minimum Gasteiger partial charge on any atom is -0.377 e. The van der Waals surface area contributed by atoms with Crippen molar-refractivity contribution in [2.45, 2.75) is 43.7 Å². The van der Waals surface area contributed by atoms with E-state index in [1.165, 1.54) is 30.6 Å². The molecule has 0 radical (unpaired) electrons. The average molecular weight is 240 g/mol. The number of rotatable bonds is 5. The number of thiazole rings is 1. The van der Waals surface area contributed by atoms with Crippen LogP contribution in [0.25, 0.3) is 0 Å². The van der Waals surface area contributed by atoms with Crippen LogP contribution >= 0.6 is 11.3 Å². The van der Waals surface area contributed by atoms with Gasteiger partial charge in [0.25, 0.3) is 0 Å². The average Bonchev–Trinajstić information content (AvgIpc) is 2.97. The molecule has 3 nitrogen and oxygen atoms in total. The van der Waals surface area contributed by atoms with Crippen LogP contribution in [0.5, 0.6) is 0 Å². The van der Waals surface area contributed by atoms with Crippen molar-refractivity contribution in [2.24, 2.45) is 0 Å². The maximum atomic E-state index is 5.82. The second-order valence-electron chi connectivity index (χ2n) is 4.49. The molecule has 1 aliphatic carbocycles. The van der Waals surface area contributed by atoms with Gasteiger partial charge in [-0.3, -0.25) is 4.98 Å². The summed E-state index contributed by atoms with van der Waals surface area (Å²) in [6, 6.07) is 0.403. The summed E-state index contributed by atoms with van der Waals surface area (Å²) >= 11 is 1.73. The van der Waals surface area contributed by atoms with Gasteiger partial charge in [-0.1, -0.05) is 12.8 Å². The van der Waals surface area contributed by atoms with Gasteiger partial charge in [-0.15, -0.1) is 11.3 Å². The standard InChI is InChI=1S/C12H20N2OS/c1-13-11(7-10-8-14-9-16-10)12(15-2)5-3-4-6-12/h8-9,11,13H,3-7H2,1-2H3. The van der Waals surface area contributed by atoms with E-state index in [0.29, 0.717) is 6.04 Å². The Morgan fingerprint density at radius 3 is 2.81 bits per heavy atom. The number of nitrogens with one attached hydrogen (secondary N) is 1. The van der Waals surface area contributed by atoms with Crippen LogP contribution < -0.4 is 5.32 Å². The molecule has 2 rings (SSSR count). The molecular formula is C12H20N2OS. The Morgan fingerprint density at radius 2 is 2.31 bits per heavy atom. The molecule has 1 unspecified atom stereocenters. The fraction of sp³-hybridized carbons (Fsp3) is 0.750. The van der Waals surface area contributed by atoms with Crippen molar-refractivity contribution in [3.63, 3.8) is 0 Å². The van der Waals surface area contributed by atoms with Gasteiger partial charge in [0.15, 0.2) is 0 Å². The molecule has 0 bridgehead atoms. The summed E-state index contributed by atoms with van der Waals surface area (Å²) in [5.74, 6) is 0. The lowest BCUT2D eigenvalue weighted by Gasteiger charge is -2.36. The molecule has 16 heavy (non-hydrogen) atoms. The quantitative estimate of drug-likeness (QED) is 0.857. The minimum atomic E-state index is 0.0404. The maximum absolute atomic E-state index is 5.82. The minimum absolute atomic E-state index is 0.0404. The number of aromatic nitrogens is 1. The van der Waals surface area contributed by atoms with E-state index in [-0.39, 0.29) is 5.60 Å². The van der Waals surface area contributed by atoms with Gasteiger partial charge < -0.3 is 10.1 Å². The van der Waals surface area contributed by atoms with E-state index in [2.05, 4.69) is 10.3 Å². The van der Waals surface area contributed by atoms with Gasteiger partial charge in [0.2, 0.25) is 0 Å². The van der Waals surface area contributed by atoms with Gasteiger partial charge in [-0.2, -0.15) is 0 Å². The number of nitrogens with zero attached hydrogens (tertiary/aromatic N) is 1. The number of methoxy groups -OCH3 is 1. The first kappa shape index (κ1) is 12.0. The summed E-state index contributed by atoms with van der Waals surface area (Å²) in [5, 5.41) is 3.43. The highest BCUT2D eigenvalue weighted by atomic mass is 32.1. The summed E-state index contributed by atoms with van der Waals surface area (Å²) in [4.78, 5) is 5.47. The molecule has 0 spiro atoms. The summed E-state index contributed by atoms with van der Waals surface area (Å²) in [6.45, 7) is 0. The normalized spacial score (nSPS) is 21.1. The summed E-state index contributed by atoms with van der Waals surface area (Å²) in [7, 11) is 3.88. The van der Waals surface area contributed by atoms with Crippen LogP contribution in [0.4, 0.5) is 0 Å². The predicted octanol–water partition coefficient (Wildman–Crippen LogP) is 2.23. The molecule has 1 N–H and O–H groups in total. The zero-order chi connectivity index (χ0) is 11.4. The molecule has 1 aromatic rings. The Balaban J connectivity index is 2.08. The predicted molar refractivity (Wildman–Crippen MR) is 66.9 cm³/mol. The lowest BCUT2D eigenvalue weighted by Crippen LogP contribution is -2.50. The Labute approximate surface area is 101 Å². The van der Waals surface area contributed by atoms with E-state index in [1.54, 1.807) is 11.3 Å². The van der Waals surface area contributed by atoms with E-state index in [0.717, 1.165) is 6.42 Å². The molecule has 1 fully saturated rings. The molecule has 1 saturated carbocycles. The third-order valence-electron chi connectivity index (χ3n) is 3.73. The van der Waals surface area contributed by atoms with Crippen LogP contribution in [0, 0.1) is 0 Å². The Kier molecular flexibility index (Phi) is 3.95. The topological polar surface area (TPSA) is 34.2 Å². The molecule has 0 aliphatic heterocycles. The van der Waals surface area contributed by atoms with E-state index >= 15 is 0 Å². The fourth-order valence-corrected chi connectivity index (χ4v) is 3.41. The summed E-state index contributed by atoms with van der Waals surface area (Å²) in [6.07, 6.45) is 7.91. The van der Waals surface area contributed by atoms with E-state index in [9.17, 15) is 0 Å². The van der Waals surface area contributed by atoms with E-state index in [4.69, 9.17) is 4.74 Å². The third-order valence-corrected chi connectivity index (χ3v) is 4.53. The first-order valence-corrected chi connectivity index (χ1v) is 6.78. The third kappa shape index (κ3) is 2.29. The lowest BCUT2D eigenvalue weighted by molar-refractivity contribution is -0.0334. The monoisotopic (exact) mass is 240 g/mol. The van der Waals surface area contributed by atoms with Gasteiger partial charge in [0.05, 0.1) is 11.1 Å². The summed E-state index contributed by atoms with van der Waals surface area (Å²) < 4.78 is 5.82.